The van der Waals surface area contributed by atoms with Gasteiger partial charge in [0, 0.05) is 26.2 Å². The van der Waals surface area contributed by atoms with Crippen molar-refractivity contribution in [2.45, 2.75) is 38.6 Å². The third-order valence-electron chi connectivity index (χ3n) is 6.99. The van der Waals surface area contributed by atoms with E-state index in [-0.39, 0.29) is 0 Å². The minimum absolute atomic E-state index is 0.379. The van der Waals surface area contributed by atoms with E-state index in [1.807, 2.05) is 0 Å². The summed E-state index contributed by atoms with van der Waals surface area (Å²) in [5.41, 5.74) is -0.187. The third kappa shape index (κ3) is 8.78. The number of non-ortho nitro benzene ring substituents is 1. The Bertz CT molecular complexity index is 1220. The van der Waals surface area contributed by atoms with Crippen LogP contribution in [0.4, 0.5) is 17.1 Å². The predicted octanol–water partition coefficient (Wildman–Crippen LogP) is 6.09. The summed E-state index contributed by atoms with van der Waals surface area (Å²) in [6, 6.07) is 23.2. The normalized spacial score (nSPS) is 13.8. The maximum Gasteiger partial charge on any atom is 0.324 e. The number of phenolic OH excluding ortho intramolecular Hbond substituents is 1. The van der Waals surface area contributed by atoms with Crippen LogP contribution in [0.1, 0.15) is 49.8 Å². The summed E-state index contributed by atoms with van der Waals surface area (Å²) in [5.74, 6) is -1.21. The Kier molecular flexibility index (Phi) is 11.7. The van der Waals surface area contributed by atoms with Crippen molar-refractivity contribution in [1.82, 2.24) is 9.80 Å². The van der Waals surface area contributed by atoms with Crippen molar-refractivity contribution in [2.24, 2.45) is 0 Å². The maximum atomic E-state index is 10.4. The van der Waals surface area contributed by atoms with E-state index < -0.39 is 37.6 Å². The van der Waals surface area contributed by atoms with Crippen molar-refractivity contribution < 1.29 is 19.9 Å². The van der Waals surface area contributed by atoms with E-state index in [0.717, 1.165) is 13.1 Å². The minimum atomic E-state index is -1.21. The third-order valence-corrected chi connectivity index (χ3v) is 6.99. The van der Waals surface area contributed by atoms with Gasteiger partial charge in [0.15, 0.2) is 0 Å². The SMILES string of the molecule is CCCCCCN1CCN(C(c2ccccc2)c2ccccc2)CC1.O=[N+]([O-])c1cc([N+](=O)[O-])c(O)c([N+](=O)[O-])c1. The van der Waals surface area contributed by atoms with Gasteiger partial charge >= 0.3 is 11.4 Å². The lowest BCUT2D eigenvalue weighted by molar-refractivity contribution is -0.404. The van der Waals surface area contributed by atoms with Gasteiger partial charge in [0.1, 0.15) is 0 Å². The van der Waals surface area contributed by atoms with Crippen molar-refractivity contribution >= 4 is 17.1 Å². The molecule has 218 valence electrons. The first-order valence-corrected chi connectivity index (χ1v) is 13.6. The van der Waals surface area contributed by atoms with Crippen LogP contribution in [0.3, 0.4) is 0 Å². The van der Waals surface area contributed by atoms with E-state index in [4.69, 9.17) is 5.11 Å². The molecule has 0 unspecified atom stereocenters. The fraction of sp³-hybridized carbons (Fsp3) is 0.379. The molecule has 1 aliphatic heterocycles. The molecule has 0 spiro atoms. The zero-order valence-corrected chi connectivity index (χ0v) is 23.0. The number of aromatic hydroxyl groups is 1. The Hall–Kier alpha value is -4.42. The summed E-state index contributed by atoms with van der Waals surface area (Å²) in [7, 11) is 0. The molecule has 1 N–H and O–H groups in total. The van der Waals surface area contributed by atoms with Gasteiger partial charge in [0.2, 0.25) is 0 Å². The zero-order valence-electron chi connectivity index (χ0n) is 23.0. The van der Waals surface area contributed by atoms with E-state index in [2.05, 4.69) is 77.4 Å². The zero-order chi connectivity index (χ0) is 29.8. The Morgan fingerprint density at radius 1 is 0.732 bits per heavy atom. The molecule has 0 radical (unpaired) electrons. The second kappa shape index (κ2) is 15.4. The number of hydrogen-bond acceptors (Lipinski definition) is 9. The van der Waals surface area contributed by atoms with Crippen LogP contribution in [-0.2, 0) is 0 Å². The molecule has 0 amide bonds. The topological polar surface area (TPSA) is 156 Å². The van der Waals surface area contributed by atoms with Crippen LogP contribution in [0, 0.1) is 30.3 Å². The second-order valence-corrected chi connectivity index (χ2v) is 9.77. The lowest BCUT2D eigenvalue weighted by Crippen LogP contribution is -2.48. The van der Waals surface area contributed by atoms with Gasteiger partial charge in [-0.05, 0) is 24.1 Å². The molecule has 1 fully saturated rings. The number of rotatable bonds is 11. The highest BCUT2D eigenvalue weighted by molar-refractivity contribution is 5.64. The largest absolute Gasteiger partial charge is 0.497 e. The second-order valence-electron chi connectivity index (χ2n) is 9.77. The number of nitrogens with zero attached hydrogens (tertiary/aromatic N) is 5. The van der Waals surface area contributed by atoms with Gasteiger partial charge in [0.25, 0.3) is 11.4 Å². The molecule has 0 bridgehead atoms. The van der Waals surface area contributed by atoms with E-state index in [1.165, 1.54) is 56.4 Å². The molecule has 3 aromatic carbocycles. The number of phenols is 1. The molecule has 0 atom stereocenters. The number of piperazine rings is 1. The van der Waals surface area contributed by atoms with Crippen molar-refractivity contribution in [3.8, 4) is 5.75 Å². The molecule has 4 rings (SSSR count). The number of hydrogen-bond donors (Lipinski definition) is 1. The van der Waals surface area contributed by atoms with Gasteiger partial charge in [-0.3, -0.25) is 35.2 Å². The van der Waals surface area contributed by atoms with Gasteiger partial charge in [-0.2, -0.15) is 0 Å². The van der Waals surface area contributed by atoms with E-state index in [9.17, 15) is 30.3 Å². The Labute approximate surface area is 238 Å². The molecule has 41 heavy (non-hydrogen) atoms. The van der Waals surface area contributed by atoms with Crippen LogP contribution in [0.5, 0.6) is 5.75 Å². The van der Waals surface area contributed by atoms with Crippen molar-refractivity contribution in [1.29, 1.82) is 0 Å². The van der Waals surface area contributed by atoms with E-state index in [1.54, 1.807) is 0 Å². The first-order valence-electron chi connectivity index (χ1n) is 13.6. The van der Waals surface area contributed by atoms with Gasteiger partial charge in [-0.25, -0.2) is 0 Å². The molecule has 0 aliphatic carbocycles. The fourth-order valence-corrected chi connectivity index (χ4v) is 4.87. The number of benzene rings is 3. The standard InChI is InChI=1S/C23H32N2.C6H3N3O7/c1-2-3-4-11-16-24-17-19-25(20-18-24)23(21-12-7-5-8-13-21)22-14-9-6-10-15-22;10-6-4(8(13)14)1-3(7(11)12)2-5(6)9(15)16/h5-10,12-15,23H,2-4,11,16-20H2,1H3;1-2,10H. The Balaban J connectivity index is 0.000000250. The predicted molar refractivity (Wildman–Crippen MR) is 155 cm³/mol. The van der Waals surface area contributed by atoms with Gasteiger partial charge in [0.05, 0.1) is 32.9 Å². The van der Waals surface area contributed by atoms with Crippen molar-refractivity contribution in [3.63, 3.8) is 0 Å². The number of unbranched alkanes of at least 4 members (excludes halogenated alkanes) is 3. The first kappa shape index (κ1) is 31.1. The summed E-state index contributed by atoms with van der Waals surface area (Å²) in [4.78, 5) is 33.1. The van der Waals surface area contributed by atoms with Crippen LogP contribution < -0.4 is 0 Å². The number of nitro benzene ring substituents is 3. The number of nitro groups is 3. The monoisotopic (exact) mass is 565 g/mol. The fourth-order valence-electron chi connectivity index (χ4n) is 4.87. The first-order chi connectivity index (χ1) is 19.7. The van der Waals surface area contributed by atoms with Crippen LogP contribution in [0.15, 0.2) is 72.8 Å². The van der Waals surface area contributed by atoms with Gasteiger partial charge < -0.3 is 10.0 Å². The average molecular weight is 566 g/mol. The molecule has 0 saturated carbocycles. The molecule has 3 aromatic rings. The van der Waals surface area contributed by atoms with Crippen LogP contribution in [-0.4, -0.2) is 62.4 Å². The molecular formula is C29H35N5O7. The van der Waals surface area contributed by atoms with Crippen molar-refractivity contribution in [3.05, 3.63) is 114 Å². The highest BCUT2D eigenvalue weighted by atomic mass is 16.6. The summed E-state index contributed by atoms with van der Waals surface area (Å²) < 4.78 is 0. The summed E-state index contributed by atoms with van der Waals surface area (Å²) in [6.07, 6.45) is 5.44. The molecule has 12 nitrogen and oxygen atoms in total. The van der Waals surface area contributed by atoms with E-state index >= 15 is 0 Å². The molecule has 0 aromatic heterocycles. The molecule has 1 saturated heterocycles. The van der Waals surface area contributed by atoms with Crippen LogP contribution >= 0.6 is 0 Å². The van der Waals surface area contributed by atoms with Crippen LogP contribution in [0.2, 0.25) is 0 Å². The molecular weight excluding hydrogens is 530 g/mol. The van der Waals surface area contributed by atoms with Gasteiger partial charge in [-0.15, -0.1) is 0 Å². The average Bonchev–Trinajstić information content (AvgIpc) is 2.97. The highest BCUT2D eigenvalue weighted by Gasteiger charge is 2.30. The summed E-state index contributed by atoms with van der Waals surface area (Å²) in [5, 5.41) is 40.2. The maximum absolute atomic E-state index is 10.4. The smallest absolute Gasteiger partial charge is 0.324 e. The van der Waals surface area contributed by atoms with Crippen molar-refractivity contribution in [2.75, 3.05) is 32.7 Å². The molecule has 12 heteroatoms. The van der Waals surface area contributed by atoms with Crippen LogP contribution in [0.25, 0.3) is 0 Å². The Morgan fingerprint density at radius 3 is 1.63 bits per heavy atom. The lowest BCUT2D eigenvalue weighted by Gasteiger charge is -2.39. The lowest BCUT2D eigenvalue weighted by atomic mass is 9.96. The molecule has 1 heterocycles. The van der Waals surface area contributed by atoms with Gasteiger partial charge in [-0.1, -0.05) is 86.8 Å². The van der Waals surface area contributed by atoms with E-state index in [0.29, 0.717) is 18.2 Å². The summed E-state index contributed by atoms with van der Waals surface area (Å²) >= 11 is 0. The molecule has 1 aliphatic rings. The minimum Gasteiger partial charge on any atom is -0.497 e. The summed E-state index contributed by atoms with van der Waals surface area (Å²) in [6.45, 7) is 8.26. The highest BCUT2D eigenvalue weighted by Crippen LogP contribution is 2.39. The Morgan fingerprint density at radius 2 is 1.22 bits per heavy atom. The quantitative estimate of drug-likeness (QED) is 0.165.